The van der Waals surface area contributed by atoms with Gasteiger partial charge in [0.05, 0.1) is 0 Å². The third kappa shape index (κ3) is 5.97. The molecule has 0 saturated heterocycles. The number of benzene rings is 2. The lowest BCUT2D eigenvalue weighted by Gasteiger charge is -2.15. The number of carbonyl (C=O) groups excluding carboxylic acids is 2. The van der Waals surface area contributed by atoms with Gasteiger partial charge in [-0.3, -0.25) is 10.2 Å². The van der Waals surface area contributed by atoms with Crippen LogP contribution in [0.3, 0.4) is 0 Å². The van der Waals surface area contributed by atoms with Crippen LogP contribution >= 0.6 is 11.6 Å². The highest BCUT2D eigenvalue weighted by molar-refractivity contribution is 6.30. The molecule has 1 unspecified atom stereocenters. The predicted octanol–water partition coefficient (Wildman–Crippen LogP) is 4.09. The maximum Gasteiger partial charge on any atom is 0.337 e. The summed E-state index contributed by atoms with van der Waals surface area (Å²) in [5.74, 6) is 0.529. The Morgan fingerprint density at radius 1 is 1.12 bits per heavy atom. The Bertz CT molecular complexity index is 767. The van der Waals surface area contributed by atoms with E-state index in [4.69, 9.17) is 16.3 Å². The van der Waals surface area contributed by atoms with Crippen molar-refractivity contribution in [2.45, 2.75) is 26.2 Å². The van der Waals surface area contributed by atoms with E-state index in [0.29, 0.717) is 22.4 Å². The van der Waals surface area contributed by atoms with E-state index in [-0.39, 0.29) is 6.61 Å². The summed E-state index contributed by atoms with van der Waals surface area (Å²) in [4.78, 5) is 23.6. The fourth-order valence-electron chi connectivity index (χ4n) is 2.27. The average Bonchev–Trinajstić information content (AvgIpc) is 2.64. The molecular weight excluding hydrogens is 354 g/mol. The van der Waals surface area contributed by atoms with E-state index < -0.39 is 11.9 Å². The number of ether oxygens (including phenoxy) is 1. The zero-order valence-electron chi connectivity index (χ0n) is 14.7. The number of amides is 3. The molecule has 0 heterocycles. The molecule has 26 heavy (non-hydrogen) atoms. The molecule has 2 aromatic rings. The minimum Gasteiger partial charge on any atom is -0.483 e. The third-order valence-corrected chi connectivity index (χ3v) is 4.05. The highest BCUT2D eigenvalue weighted by atomic mass is 35.5. The highest BCUT2D eigenvalue weighted by Gasteiger charge is 2.11. The summed E-state index contributed by atoms with van der Waals surface area (Å²) in [7, 11) is 0. The topological polar surface area (TPSA) is 79.5 Å². The standard InChI is InChI=1S/C19H22ClN3O3/c1-3-13(2)16-9-4-5-10-17(16)26-12-18(24)22-23-19(25)21-15-8-6-7-14(20)11-15/h4-11,13H,3,12H2,1-2H3,(H,22,24)(H2,21,23,25). The predicted molar refractivity (Wildman–Crippen MR) is 102 cm³/mol. The number of carbonyl (C=O) groups is 2. The molecule has 2 rings (SSSR count). The summed E-state index contributed by atoms with van der Waals surface area (Å²) < 4.78 is 5.59. The van der Waals surface area contributed by atoms with Crippen molar-refractivity contribution < 1.29 is 14.3 Å². The van der Waals surface area contributed by atoms with Crippen LogP contribution in [0.25, 0.3) is 0 Å². The van der Waals surface area contributed by atoms with Gasteiger partial charge in [0.1, 0.15) is 5.75 Å². The lowest BCUT2D eigenvalue weighted by molar-refractivity contribution is -0.123. The van der Waals surface area contributed by atoms with Gasteiger partial charge in [0.2, 0.25) is 0 Å². The smallest absolute Gasteiger partial charge is 0.337 e. The second kappa shape index (κ2) is 9.68. The molecule has 0 aliphatic rings. The maximum atomic E-state index is 11.9. The molecule has 0 aliphatic carbocycles. The number of hydrogen-bond acceptors (Lipinski definition) is 3. The summed E-state index contributed by atoms with van der Waals surface area (Å²) in [5.41, 5.74) is 6.12. The molecule has 0 fully saturated rings. The molecule has 3 amide bonds. The van der Waals surface area contributed by atoms with Crippen molar-refractivity contribution in [3.63, 3.8) is 0 Å². The monoisotopic (exact) mass is 375 g/mol. The van der Waals surface area contributed by atoms with Gasteiger partial charge >= 0.3 is 6.03 Å². The number of anilines is 1. The van der Waals surface area contributed by atoms with Gasteiger partial charge in [-0.25, -0.2) is 10.2 Å². The fraction of sp³-hybridized carbons (Fsp3) is 0.263. The zero-order valence-corrected chi connectivity index (χ0v) is 15.5. The molecule has 0 spiro atoms. The van der Waals surface area contributed by atoms with Crippen LogP contribution in [0.15, 0.2) is 48.5 Å². The Hall–Kier alpha value is -2.73. The molecule has 0 aliphatic heterocycles. The minimum atomic E-state index is -0.583. The number of rotatable bonds is 6. The van der Waals surface area contributed by atoms with Gasteiger partial charge in [0.15, 0.2) is 6.61 Å². The van der Waals surface area contributed by atoms with Gasteiger partial charge in [0.25, 0.3) is 5.91 Å². The minimum absolute atomic E-state index is 0.203. The first-order chi connectivity index (χ1) is 12.5. The van der Waals surface area contributed by atoms with E-state index in [9.17, 15) is 9.59 Å². The molecule has 7 heteroatoms. The van der Waals surface area contributed by atoms with Crippen LogP contribution in [0.1, 0.15) is 31.7 Å². The summed E-state index contributed by atoms with van der Waals surface area (Å²) in [6, 6.07) is 13.7. The summed E-state index contributed by atoms with van der Waals surface area (Å²) in [5, 5.41) is 3.05. The molecule has 138 valence electrons. The normalized spacial score (nSPS) is 11.3. The lowest BCUT2D eigenvalue weighted by Crippen LogP contribution is -2.45. The van der Waals surface area contributed by atoms with Crippen LogP contribution in [-0.2, 0) is 4.79 Å². The summed E-state index contributed by atoms with van der Waals surface area (Å²) in [6.07, 6.45) is 0.970. The number of urea groups is 1. The van der Waals surface area contributed by atoms with Crippen LogP contribution in [-0.4, -0.2) is 18.5 Å². The van der Waals surface area contributed by atoms with Crippen LogP contribution in [0.2, 0.25) is 5.02 Å². The van der Waals surface area contributed by atoms with Crippen LogP contribution < -0.4 is 20.9 Å². The molecule has 2 aromatic carbocycles. The number of halogens is 1. The molecular formula is C19H22ClN3O3. The van der Waals surface area contributed by atoms with Crippen molar-refractivity contribution in [3.8, 4) is 5.75 Å². The Kier molecular flexibility index (Phi) is 7.29. The van der Waals surface area contributed by atoms with Crippen LogP contribution in [0, 0.1) is 0 Å². The maximum absolute atomic E-state index is 11.9. The molecule has 0 aromatic heterocycles. The lowest BCUT2D eigenvalue weighted by atomic mass is 9.98. The van der Waals surface area contributed by atoms with Gasteiger partial charge in [-0.15, -0.1) is 0 Å². The number of hydrogen-bond donors (Lipinski definition) is 3. The molecule has 6 nitrogen and oxygen atoms in total. The van der Waals surface area contributed by atoms with E-state index in [1.54, 1.807) is 24.3 Å². The molecule has 3 N–H and O–H groups in total. The van der Waals surface area contributed by atoms with E-state index in [0.717, 1.165) is 12.0 Å². The first-order valence-electron chi connectivity index (χ1n) is 8.32. The molecule has 0 saturated carbocycles. The van der Waals surface area contributed by atoms with E-state index in [2.05, 4.69) is 30.0 Å². The quantitative estimate of drug-likeness (QED) is 0.665. The van der Waals surface area contributed by atoms with Crippen molar-refractivity contribution in [1.82, 2.24) is 10.9 Å². The van der Waals surface area contributed by atoms with E-state index in [1.165, 1.54) is 0 Å². The average molecular weight is 376 g/mol. The number of para-hydroxylation sites is 1. The molecule has 0 bridgehead atoms. The molecule has 1 atom stereocenters. The van der Waals surface area contributed by atoms with Gasteiger partial charge < -0.3 is 10.1 Å². The second-order valence-corrected chi connectivity index (χ2v) is 6.21. The Morgan fingerprint density at radius 3 is 2.62 bits per heavy atom. The largest absolute Gasteiger partial charge is 0.483 e. The Morgan fingerprint density at radius 2 is 1.88 bits per heavy atom. The van der Waals surface area contributed by atoms with Gasteiger partial charge in [-0.1, -0.05) is 49.7 Å². The van der Waals surface area contributed by atoms with Gasteiger partial charge in [0, 0.05) is 10.7 Å². The van der Waals surface area contributed by atoms with Crippen molar-refractivity contribution in [2.24, 2.45) is 0 Å². The summed E-state index contributed by atoms with van der Waals surface area (Å²) in [6.45, 7) is 3.99. The van der Waals surface area contributed by atoms with Crippen LogP contribution in [0.4, 0.5) is 10.5 Å². The van der Waals surface area contributed by atoms with E-state index >= 15 is 0 Å². The molecule has 0 radical (unpaired) electrons. The second-order valence-electron chi connectivity index (χ2n) is 5.77. The SMILES string of the molecule is CCC(C)c1ccccc1OCC(=O)NNC(=O)Nc1cccc(Cl)c1. The van der Waals surface area contributed by atoms with Crippen LogP contribution in [0.5, 0.6) is 5.75 Å². The van der Waals surface area contributed by atoms with Crippen molar-refractivity contribution in [2.75, 3.05) is 11.9 Å². The Balaban J connectivity index is 1.80. The summed E-state index contributed by atoms with van der Waals surface area (Å²) >= 11 is 5.84. The number of nitrogens with one attached hydrogen (secondary N) is 3. The van der Waals surface area contributed by atoms with Crippen molar-refractivity contribution in [1.29, 1.82) is 0 Å². The highest BCUT2D eigenvalue weighted by Crippen LogP contribution is 2.28. The first kappa shape index (κ1) is 19.6. The Labute approximate surface area is 157 Å². The van der Waals surface area contributed by atoms with Crippen molar-refractivity contribution >= 4 is 29.2 Å². The van der Waals surface area contributed by atoms with E-state index in [1.807, 2.05) is 24.3 Å². The third-order valence-electron chi connectivity index (χ3n) is 3.82. The zero-order chi connectivity index (χ0) is 18.9. The number of hydrazine groups is 1. The van der Waals surface area contributed by atoms with Gasteiger partial charge in [-0.2, -0.15) is 0 Å². The van der Waals surface area contributed by atoms with Crippen molar-refractivity contribution in [3.05, 3.63) is 59.1 Å². The van der Waals surface area contributed by atoms with Gasteiger partial charge in [-0.05, 0) is 42.2 Å². The first-order valence-corrected chi connectivity index (χ1v) is 8.70. The fourth-order valence-corrected chi connectivity index (χ4v) is 2.46.